The Morgan fingerprint density at radius 1 is 1.50 bits per heavy atom. The molecule has 20 heavy (non-hydrogen) atoms. The van der Waals surface area contributed by atoms with Gasteiger partial charge in [0.2, 0.25) is 0 Å². The van der Waals surface area contributed by atoms with Crippen LogP contribution in [0.25, 0.3) is 0 Å². The van der Waals surface area contributed by atoms with Crippen molar-refractivity contribution in [3.63, 3.8) is 0 Å². The van der Waals surface area contributed by atoms with Gasteiger partial charge in [0.25, 0.3) is 0 Å². The molecule has 4 heteroatoms. The van der Waals surface area contributed by atoms with Crippen molar-refractivity contribution in [2.45, 2.75) is 31.1 Å². The number of aliphatic hydroxyl groups is 1. The Bertz CT molecular complexity index is 482. The van der Waals surface area contributed by atoms with Gasteiger partial charge in [0.05, 0.1) is 11.3 Å². The van der Waals surface area contributed by atoms with Crippen molar-refractivity contribution < 1.29 is 5.11 Å². The van der Waals surface area contributed by atoms with E-state index in [2.05, 4.69) is 24.0 Å². The lowest BCUT2D eigenvalue weighted by Gasteiger charge is -2.35. The number of anilines is 1. The minimum Gasteiger partial charge on any atom is -0.396 e. The van der Waals surface area contributed by atoms with Crippen LogP contribution < -0.4 is 4.90 Å². The van der Waals surface area contributed by atoms with E-state index in [0.29, 0.717) is 5.92 Å². The molecule has 108 valence electrons. The maximum atomic E-state index is 9.50. The summed E-state index contributed by atoms with van der Waals surface area (Å²) in [5, 5.41) is 18.6. The standard InChI is InChI=1S/C16H22N2OS/c1-2-20-16-7-3-6-15(14(16)11-17)18-9-4-5-13(12-18)8-10-19/h3,6-7,13,19H,2,4-5,8-10,12H2,1H3. The van der Waals surface area contributed by atoms with Gasteiger partial charge >= 0.3 is 0 Å². The highest BCUT2D eigenvalue weighted by atomic mass is 32.2. The number of hydrogen-bond acceptors (Lipinski definition) is 4. The molecule has 1 N–H and O–H groups in total. The Kier molecular flexibility index (Phi) is 5.75. The fraction of sp³-hybridized carbons (Fsp3) is 0.562. The highest BCUT2D eigenvalue weighted by Crippen LogP contribution is 2.33. The molecule has 0 saturated carbocycles. The molecule has 1 fully saturated rings. The van der Waals surface area contributed by atoms with Gasteiger partial charge in [-0.2, -0.15) is 5.26 Å². The van der Waals surface area contributed by atoms with E-state index in [1.165, 1.54) is 6.42 Å². The van der Waals surface area contributed by atoms with E-state index >= 15 is 0 Å². The Balaban J connectivity index is 2.23. The summed E-state index contributed by atoms with van der Waals surface area (Å²) in [6.45, 7) is 4.33. The molecule has 1 aliphatic rings. The Morgan fingerprint density at radius 3 is 3.05 bits per heavy atom. The van der Waals surface area contributed by atoms with Crippen molar-refractivity contribution in [3.05, 3.63) is 23.8 Å². The summed E-state index contributed by atoms with van der Waals surface area (Å²) < 4.78 is 0. The molecule has 1 heterocycles. The first kappa shape index (κ1) is 15.2. The second-order valence-electron chi connectivity index (χ2n) is 5.16. The summed E-state index contributed by atoms with van der Waals surface area (Å²) in [6.07, 6.45) is 3.19. The number of nitriles is 1. The first-order valence-electron chi connectivity index (χ1n) is 7.31. The molecule has 0 aliphatic carbocycles. The number of rotatable bonds is 5. The van der Waals surface area contributed by atoms with Crippen LogP contribution in [0.5, 0.6) is 0 Å². The van der Waals surface area contributed by atoms with Gasteiger partial charge in [-0.1, -0.05) is 13.0 Å². The maximum absolute atomic E-state index is 9.50. The van der Waals surface area contributed by atoms with Crippen LogP contribution >= 0.6 is 11.8 Å². The summed E-state index contributed by atoms with van der Waals surface area (Å²) in [5.74, 6) is 1.52. The SMILES string of the molecule is CCSc1cccc(N2CCCC(CCO)C2)c1C#N. The number of piperidine rings is 1. The topological polar surface area (TPSA) is 47.3 Å². The zero-order chi connectivity index (χ0) is 14.4. The molecule has 2 rings (SSSR count). The Hall–Kier alpha value is -1.18. The van der Waals surface area contributed by atoms with Gasteiger partial charge in [-0.25, -0.2) is 0 Å². The van der Waals surface area contributed by atoms with Gasteiger partial charge in [0.15, 0.2) is 0 Å². The van der Waals surface area contributed by atoms with Crippen molar-refractivity contribution in [3.8, 4) is 6.07 Å². The molecular formula is C16H22N2OS. The largest absolute Gasteiger partial charge is 0.396 e. The molecule has 1 aliphatic heterocycles. The quantitative estimate of drug-likeness (QED) is 0.846. The van der Waals surface area contributed by atoms with Crippen LogP contribution in [0.1, 0.15) is 31.7 Å². The van der Waals surface area contributed by atoms with E-state index in [0.717, 1.165) is 47.8 Å². The number of aliphatic hydroxyl groups excluding tert-OH is 1. The number of thioether (sulfide) groups is 1. The van der Waals surface area contributed by atoms with E-state index in [1.807, 2.05) is 12.1 Å². The van der Waals surface area contributed by atoms with E-state index < -0.39 is 0 Å². The number of hydrogen-bond donors (Lipinski definition) is 1. The third kappa shape index (κ3) is 3.47. The highest BCUT2D eigenvalue weighted by molar-refractivity contribution is 7.99. The first-order chi connectivity index (χ1) is 9.80. The zero-order valence-electron chi connectivity index (χ0n) is 12.0. The average molecular weight is 290 g/mol. The predicted octanol–water partition coefficient (Wildman–Crippen LogP) is 3.27. The van der Waals surface area contributed by atoms with Gasteiger partial charge in [-0.3, -0.25) is 0 Å². The van der Waals surface area contributed by atoms with Gasteiger partial charge in [0.1, 0.15) is 6.07 Å². The second kappa shape index (κ2) is 7.56. The molecule has 1 saturated heterocycles. The van der Waals surface area contributed by atoms with Gasteiger partial charge in [-0.15, -0.1) is 11.8 Å². The molecule has 1 unspecified atom stereocenters. The fourth-order valence-corrected chi connectivity index (χ4v) is 3.65. The minimum atomic E-state index is 0.259. The van der Waals surface area contributed by atoms with Crippen molar-refractivity contribution in [2.24, 2.45) is 5.92 Å². The van der Waals surface area contributed by atoms with Crippen molar-refractivity contribution in [1.29, 1.82) is 5.26 Å². The molecule has 0 amide bonds. The third-order valence-electron chi connectivity index (χ3n) is 3.81. The number of benzene rings is 1. The van der Waals surface area contributed by atoms with Crippen LogP contribution in [-0.4, -0.2) is 30.6 Å². The van der Waals surface area contributed by atoms with Crippen LogP contribution in [0.3, 0.4) is 0 Å². The maximum Gasteiger partial charge on any atom is 0.103 e. The van der Waals surface area contributed by atoms with Gasteiger partial charge in [0, 0.05) is 24.6 Å². The van der Waals surface area contributed by atoms with Crippen molar-refractivity contribution in [1.82, 2.24) is 0 Å². The molecule has 0 radical (unpaired) electrons. The molecule has 0 bridgehead atoms. The van der Waals surface area contributed by atoms with Gasteiger partial charge < -0.3 is 10.0 Å². The molecule has 1 aromatic carbocycles. The normalized spacial score (nSPS) is 18.9. The second-order valence-corrected chi connectivity index (χ2v) is 6.47. The predicted molar refractivity (Wildman–Crippen MR) is 84.2 cm³/mol. The monoisotopic (exact) mass is 290 g/mol. The zero-order valence-corrected chi connectivity index (χ0v) is 12.8. The molecule has 0 spiro atoms. The van der Waals surface area contributed by atoms with Gasteiger partial charge in [-0.05, 0) is 43.1 Å². The van der Waals surface area contributed by atoms with Crippen LogP contribution in [0.4, 0.5) is 5.69 Å². The van der Waals surface area contributed by atoms with Crippen LogP contribution in [0.2, 0.25) is 0 Å². The van der Waals surface area contributed by atoms with E-state index in [-0.39, 0.29) is 6.61 Å². The van der Waals surface area contributed by atoms with Crippen LogP contribution in [-0.2, 0) is 0 Å². The van der Waals surface area contributed by atoms with E-state index in [4.69, 9.17) is 5.11 Å². The molecule has 0 aromatic heterocycles. The van der Waals surface area contributed by atoms with E-state index in [9.17, 15) is 5.26 Å². The summed E-state index contributed by atoms with van der Waals surface area (Å²) in [6, 6.07) is 8.51. The first-order valence-corrected chi connectivity index (χ1v) is 8.30. The molecule has 1 atom stereocenters. The molecule has 3 nitrogen and oxygen atoms in total. The van der Waals surface area contributed by atoms with Crippen molar-refractivity contribution >= 4 is 17.4 Å². The minimum absolute atomic E-state index is 0.259. The summed E-state index contributed by atoms with van der Waals surface area (Å²) >= 11 is 1.73. The summed E-state index contributed by atoms with van der Waals surface area (Å²) in [7, 11) is 0. The number of nitrogens with zero attached hydrogens (tertiary/aromatic N) is 2. The highest BCUT2D eigenvalue weighted by Gasteiger charge is 2.22. The summed E-state index contributed by atoms with van der Waals surface area (Å²) in [4.78, 5) is 3.40. The Labute approximate surface area is 125 Å². The Morgan fingerprint density at radius 2 is 2.35 bits per heavy atom. The van der Waals surface area contributed by atoms with E-state index in [1.54, 1.807) is 11.8 Å². The average Bonchev–Trinajstić information content (AvgIpc) is 2.48. The van der Waals surface area contributed by atoms with Crippen LogP contribution in [0.15, 0.2) is 23.1 Å². The fourth-order valence-electron chi connectivity index (χ4n) is 2.87. The lowest BCUT2D eigenvalue weighted by atomic mass is 9.94. The van der Waals surface area contributed by atoms with Crippen molar-refractivity contribution in [2.75, 3.05) is 30.3 Å². The summed E-state index contributed by atoms with van der Waals surface area (Å²) in [5.41, 5.74) is 1.87. The van der Waals surface area contributed by atoms with Crippen LogP contribution in [0, 0.1) is 17.2 Å². The molecular weight excluding hydrogens is 268 g/mol. The smallest absolute Gasteiger partial charge is 0.103 e. The lowest BCUT2D eigenvalue weighted by Crippen LogP contribution is -2.36. The molecule has 1 aromatic rings. The third-order valence-corrected chi connectivity index (χ3v) is 4.75. The lowest BCUT2D eigenvalue weighted by molar-refractivity contribution is 0.244.